The quantitative estimate of drug-likeness (QED) is 0.0212. The number of halogens is 21. The molecule has 70 heavy (non-hydrogen) atoms. The molecule has 27 heteroatoms. The van der Waals surface area contributed by atoms with Gasteiger partial charge in [0.1, 0.15) is 58.4 Å². The zero-order valence-electron chi connectivity index (χ0n) is 33.3. The first-order valence-corrected chi connectivity index (χ1v) is 18.8. The van der Waals surface area contributed by atoms with Crippen molar-refractivity contribution in [1.82, 2.24) is 4.98 Å². The zero-order valence-corrected chi connectivity index (χ0v) is 34.0. The first-order chi connectivity index (χ1) is 32.8. The highest BCUT2D eigenvalue weighted by Crippen LogP contribution is 2.31. The second kappa shape index (κ2) is 19.8. The highest BCUT2D eigenvalue weighted by Gasteiger charge is 2.52. The summed E-state index contributed by atoms with van der Waals surface area (Å²) in [6.45, 7) is 0.101. The average molecular weight is 1030 g/mol. The van der Waals surface area contributed by atoms with Crippen molar-refractivity contribution >= 4 is 51.4 Å². The first kappa shape index (κ1) is 51.9. The molecule has 0 radical (unpaired) electrons. The summed E-state index contributed by atoms with van der Waals surface area (Å²) in [6.07, 6.45) is -2.66. The van der Waals surface area contributed by atoms with E-state index in [9.17, 15) is 62.3 Å². The highest BCUT2D eigenvalue weighted by atomic mass is 35.5. The van der Waals surface area contributed by atoms with Crippen LogP contribution in [0.15, 0.2) is 73.2 Å². The fourth-order valence-electron chi connectivity index (χ4n) is 7.08. The molecular formula is C43H14BClF20N2O3. The maximum atomic E-state index is 15.4. The van der Waals surface area contributed by atoms with Gasteiger partial charge in [0.05, 0.1) is 6.20 Å². The third-order valence-electron chi connectivity index (χ3n) is 10.1. The van der Waals surface area contributed by atoms with Crippen LogP contribution in [0, 0.1) is 116 Å². The van der Waals surface area contributed by atoms with Gasteiger partial charge in [-0.15, -0.1) is 21.9 Å². The largest absolute Gasteiger partial charge is 0.422 e. The second-order valence-electron chi connectivity index (χ2n) is 14.1. The fraction of sp³-hybridized carbons (Fsp3) is 0.0233. The van der Waals surface area contributed by atoms with Gasteiger partial charge in [-0.1, -0.05) is 48.0 Å². The third kappa shape index (κ3) is 8.74. The Balaban J connectivity index is 0.000000270. The summed E-state index contributed by atoms with van der Waals surface area (Å²) in [6, 6.07) is 15.5. The van der Waals surface area contributed by atoms with Gasteiger partial charge in [0.25, 0.3) is 0 Å². The van der Waals surface area contributed by atoms with Crippen molar-refractivity contribution in [1.29, 1.82) is 0 Å². The molecule has 0 atom stereocenters. The van der Waals surface area contributed by atoms with Crippen LogP contribution in [0.3, 0.4) is 0 Å². The van der Waals surface area contributed by atoms with Gasteiger partial charge in [-0.25, -0.2) is 97.6 Å². The van der Waals surface area contributed by atoms with Gasteiger partial charge in [-0.2, -0.15) is 4.57 Å². The molecule has 1 heterocycles. The Hall–Kier alpha value is -7.51. The van der Waals surface area contributed by atoms with Crippen molar-refractivity contribution < 1.29 is 107 Å². The molecule has 0 N–H and O–H groups in total. The van der Waals surface area contributed by atoms with Gasteiger partial charge in [0.15, 0.2) is 76.0 Å². The molecule has 0 amide bonds. The molecule has 0 bridgehead atoms. The minimum Gasteiger partial charge on any atom is -0.422 e. The molecule has 6 aromatic carbocycles. The summed E-state index contributed by atoms with van der Waals surface area (Å²) >= 11 is 5.87. The number of carbonyl (C=O) groups excluding carboxylic acids is 2. The van der Waals surface area contributed by atoms with Crippen molar-refractivity contribution in [2.45, 2.75) is 6.54 Å². The standard InChI is InChI=1S/C24BF20.C19H14ClN2O3/c26-5-1(6(27)14(35)21(42)13(5)34)25(2-7(28)15(36)22(43)16(37)8(2)29,3-9(30)17(38)23(44)18(39)10(3)31)4-11(32)19(40)24(45)20(41)12(4)33;20-15-7-4-8-16(11-15)25-19(24)17-12-22(10-9-21-17)13-18(23)14-5-2-1-3-6-14/h;1-12H,13H2/q-1;+1. The van der Waals surface area contributed by atoms with Crippen LogP contribution in [0.5, 0.6) is 5.75 Å². The van der Waals surface area contributed by atoms with E-state index >= 15 is 35.1 Å². The number of hydrogen-bond donors (Lipinski definition) is 0. The number of ketones is 1. The molecule has 5 nitrogen and oxygen atoms in total. The normalized spacial score (nSPS) is 11.4. The third-order valence-corrected chi connectivity index (χ3v) is 10.3. The molecule has 0 spiro atoms. The second-order valence-corrected chi connectivity index (χ2v) is 14.5. The Morgan fingerprint density at radius 3 is 1.16 bits per heavy atom. The van der Waals surface area contributed by atoms with E-state index in [-0.39, 0.29) is 18.0 Å². The molecule has 1 aromatic heterocycles. The number of Topliss-reactive ketones (excluding diaryl/α,β-unsaturated/α-hetero) is 1. The summed E-state index contributed by atoms with van der Waals surface area (Å²) in [5.41, 5.74) is -13.6. The Morgan fingerprint density at radius 1 is 0.471 bits per heavy atom. The van der Waals surface area contributed by atoms with E-state index in [1.807, 2.05) is 6.07 Å². The Kier molecular flexibility index (Phi) is 14.7. The first-order valence-electron chi connectivity index (χ1n) is 18.5. The van der Waals surface area contributed by atoms with E-state index in [2.05, 4.69) is 4.98 Å². The van der Waals surface area contributed by atoms with E-state index in [1.165, 1.54) is 18.5 Å². The van der Waals surface area contributed by atoms with Gasteiger partial charge >= 0.3 is 5.97 Å². The maximum Gasteiger partial charge on any atom is 0.368 e. The number of aromatic nitrogens is 2. The molecule has 0 unspecified atom stereocenters. The number of hydrogen-bond acceptors (Lipinski definition) is 4. The molecule has 0 aliphatic heterocycles. The van der Waals surface area contributed by atoms with Gasteiger partial charge in [-0.05, 0) is 18.2 Å². The highest BCUT2D eigenvalue weighted by molar-refractivity contribution is 7.20. The number of esters is 1. The fourth-order valence-corrected chi connectivity index (χ4v) is 7.26. The summed E-state index contributed by atoms with van der Waals surface area (Å²) in [5, 5.41) is 0.467. The lowest BCUT2D eigenvalue weighted by Crippen LogP contribution is -2.81. The van der Waals surface area contributed by atoms with Crippen LogP contribution >= 0.6 is 11.6 Å². The average Bonchev–Trinajstić information content (AvgIpc) is 3.34. The molecule has 364 valence electrons. The van der Waals surface area contributed by atoms with E-state index in [1.54, 1.807) is 53.2 Å². The molecular weight excluding hydrogens is 1020 g/mol. The molecule has 0 aliphatic carbocycles. The Labute approximate surface area is 380 Å². The summed E-state index contributed by atoms with van der Waals surface area (Å²) in [4.78, 5) is 28.5. The van der Waals surface area contributed by atoms with Gasteiger partial charge in [0.2, 0.25) is 24.2 Å². The van der Waals surface area contributed by atoms with Crippen molar-refractivity contribution in [3.05, 3.63) is 206 Å². The Bertz CT molecular complexity index is 2910. The molecule has 0 saturated carbocycles. The van der Waals surface area contributed by atoms with E-state index in [4.69, 9.17) is 16.3 Å². The lowest BCUT2D eigenvalue weighted by molar-refractivity contribution is -0.683. The van der Waals surface area contributed by atoms with Crippen LogP contribution in [-0.2, 0) is 6.54 Å². The number of carbonyl (C=O) groups is 2. The molecule has 0 fully saturated rings. The topological polar surface area (TPSA) is 60.1 Å². The lowest BCUT2D eigenvalue weighted by Gasteiger charge is -2.44. The van der Waals surface area contributed by atoms with Crippen molar-refractivity contribution in [3.63, 3.8) is 0 Å². The van der Waals surface area contributed by atoms with Gasteiger partial charge in [0, 0.05) is 10.6 Å². The number of rotatable bonds is 9. The van der Waals surface area contributed by atoms with Gasteiger partial charge < -0.3 is 4.74 Å². The summed E-state index contributed by atoms with van der Waals surface area (Å²) in [7, 11) is 0. The maximum absolute atomic E-state index is 15.4. The van der Waals surface area contributed by atoms with E-state index in [0.717, 1.165) is 0 Å². The molecule has 0 saturated heterocycles. The predicted octanol–water partition coefficient (Wildman–Crippen LogP) is 8.97. The molecule has 7 aromatic rings. The van der Waals surface area contributed by atoms with Crippen molar-refractivity contribution in [2.24, 2.45) is 0 Å². The van der Waals surface area contributed by atoms with Crippen LogP contribution in [0.4, 0.5) is 87.8 Å². The van der Waals surface area contributed by atoms with Crippen LogP contribution in [0.1, 0.15) is 20.8 Å². The smallest absolute Gasteiger partial charge is 0.368 e. The van der Waals surface area contributed by atoms with Crippen LogP contribution in [0.25, 0.3) is 0 Å². The SMILES string of the molecule is Fc1c(F)c(F)c([B-](c2c(F)c(F)c(F)c(F)c2F)(c2c(F)c(F)c(F)c(F)c2F)c2c(F)c(F)c(F)c(F)c2F)c(F)c1F.O=C(C[n+]1ccnc(C(=O)Oc2cccc(Cl)c2)c1)c1ccccc1. The van der Waals surface area contributed by atoms with Crippen molar-refractivity contribution in [3.8, 4) is 5.75 Å². The monoisotopic (exact) mass is 1030 g/mol. The predicted molar refractivity (Wildman–Crippen MR) is 201 cm³/mol. The van der Waals surface area contributed by atoms with Crippen LogP contribution in [0.2, 0.25) is 5.02 Å². The number of benzene rings is 6. The minimum atomic E-state index is -7.22. The number of nitrogens with zero attached hydrogens (tertiary/aromatic N) is 2. The minimum absolute atomic E-state index is 0.0639. The van der Waals surface area contributed by atoms with Crippen LogP contribution < -0.4 is 31.2 Å². The molecule has 0 aliphatic rings. The van der Waals surface area contributed by atoms with E-state index in [0.29, 0.717) is 16.3 Å². The Morgan fingerprint density at radius 2 is 0.814 bits per heavy atom. The zero-order chi connectivity index (χ0) is 52.0. The number of ether oxygens (including phenoxy) is 1. The van der Waals surface area contributed by atoms with Gasteiger partial charge in [-0.3, -0.25) is 4.79 Å². The summed E-state index contributed by atoms with van der Waals surface area (Å²) in [5.74, 6) is -71.8. The van der Waals surface area contributed by atoms with Crippen molar-refractivity contribution in [2.75, 3.05) is 0 Å². The van der Waals surface area contributed by atoms with E-state index < -0.39 is 150 Å². The van der Waals surface area contributed by atoms with Crippen LogP contribution in [-0.4, -0.2) is 22.9 Å². The molecule has 7 rings (SSSR count). The summed E-state index contributed by atoms with van der Waals surface area (Å²) < 4.78 is 301. The lowest BCUT2D eigenvalue weighted by atomic mass is 9.12.